The molecule has 1 heterocycles. The van der Waals surface area contributed by atoms with Crippen LogP contribution in [-0.4, -0.2) is 71.2 Å². The van der Waals surface area contributed by atoms with Gasteiger partial charge in [0.15, 0.2) is 0 Å². The smallest absolute Gasteiger partial charge is 0.421 e. The molecule has 8 nitrogen and oxygen atoms in total. The first-order valence-electron chi connectivity index (χ1n) is 5.34. The summed E-state index contributed by atoms with van der Waals surface area (Å²) in [5.74, 6) is -1.13. The van der Waals surface area contributed by atoms with Gasteiger partial charge in [0.2, 0.25) is 0 Å². The molecular formula is C9H17N3O5. The summed E-state index contributed by atoms with van der Waals surface area (Å²) in [7, 11) is 0. The highest BCUT2D eigenvalue weighted by Gasteiger charge is 2.24. The molecule has 1 rings (SSSR count). The Morgan fingerprint density at radius 2 is 1.94 bits per heavy atom. The van der Waals surface area contributed by atoms with Crippen LogP contribution in [0.3, 0.4) is 0 Å². The lowest BCUT2D eigenvalue weighted by Gasteiger charge is -2.35. The van der Waals surface area contributed by atoms with E-state index in [4.69, 9.17) is 20.7 Å². The lowest BCUT2D eigenvalue weighted by molar-refractivity contribution is -0.139. The molecule has 0 aromatic rings. The summed E-state index contributed by atoms with van der Waals surface area (Å²) < 4.78 is 5.11. The third kappa shape index (κ3) is 4.17. The van der Waals surface area contributed by atoms with Gasteiger partial charge in [0.25, 0.3) is 0 Å². The van der Waals surface area contributed by atoms with Crippen LogP contribution in [0, 0.1) is 0 Å². The Labute approximate surface area is 98.5 Å². The van der Waals surface area contributed by atoms with Gasteiger partial charge in [-0.15, -0.1) is 0 Å². The number of carboxylic acid groups (broad SMARTS) is 2. The Kier molecular flexibility index (Phi) is 5.13. The maximum absolute atomic E-state index is 11.0. The molecule has 4 N–H and O–H groups in total. The van der Waals surface area contributed by atoms with Crippen molar-refractivity contribution in [3.63, 3.8) is 0 Å². The summed E-state index contributed by atoms with van der Waals surface area (Å²) in [6.45, 7) is 1.97. The van der Waals surface area contributed by atoms with E-state index in [1.807, 2.05) is 0 Å². The zero-order chi connectivity index (χ0) is 12.8. The average Bonchev–Trinajstić information content (AvgIpc) is 2.29. The molecule has 1 saturated heterocycles. The predicted octanol–water partition coefficient (Wildman–Crippen LogP) is -0.984. The molecule has 1 atom stereocenters. The fourth-order valence-corrected chi connectivity index (χ4v) is 1.54. The van der Waals surface area contributed by atoms with Crippen LogP contribution in [0.25, 0.3) is 0 Å². The van der Waals surface area contributed by atoms with Crippen molar-refractivity contribution in [2.45, 2.75) is 12.5 Å². The highest BCUT2D eigenvalue weighted by Crippen LogP contribution is 2.05. The van der Waals surface area contributed by atoms with Crippen LogP contribution in [0.5, 0.6) is 0 Å². The number of nitrogens with zero attached hydrogens (tertiary/aromatic N) is 2. The van der Waals surface area contributed by atoms with Gasteiger partial charge in [-0.25, -0.2) is 14.8 Å². The monoisotopic (exact) mass is 247 g/mol. The van der Waals surface area contributed by atoms with Crippen molar-refractivity contribution in [2.24, 2.45) is 5.73 Å². The molecule has 1 fully saturated rings. The molecule has 0 bridgehead atoms. The first kappa shape index (κ1) is 13.7. The van der Waals surface area contributed by atoms with Gasteiger partial charge in [-0.2, -0.15) is 0 Å². The minimum absolute atomic E-state index is 0.0722. The van der Waals surface area contributed by atoms with E-state index in [0.29, 0.717) is 26.3 Å². The molecule has 1 aliphatic heterocycles. The molecule has 1 amide bonds. The molecule has 0 aromatic carbocycles. The number of carboxylic acids is 1. The molecule has 0 radical (unpaired) electrons. The van der Waals surface area contributed by atoms with Crippen LogP contribution >= 0.6 is 0 Å². The van der Waals surface area contributed by atoms with Gasteiger partial charge < -0.3 is 20.7 Å². The van der Waals surface area contributed by atoms with Crippen LogP contribution < -0.4 is 5.73 Å². The molecule has 0 spiro atoms. The first-order valence-corrected chi connectivity index (χ1v) is 5.34. The number of nitrogens with two attached hydrogens (primary N) is 1. The second kappa shape index (κ2) is 6.38. The van der Waals surface area contributed by atoms with Crippen LogP contribution in [-0.2, 0) is 9.53 Å². The number of hydrazine groups is 1. The van der Waals surface area contributed by atoms with Crippen LogP contribution in [0.4, 0.5) is 4.79 Å². The van der Waals surface area contributed by atoms with Crippen molar-refractivity contribution < 1.29 is 24.5 Å². The van der Waals surface area contributed by atoms with Gasteiger partial charge in [0, 0.05) is 19.6 Å². The van der Waals surface area contributed by atoms with Gasteiger partial charge in [-0.3, -0.25) is 4.79 Å². The van der Waals surface area contributed by atoms with Crippen molar-refractivity contribution in [2.75, 3.05) is 32.8 Å². The fourth-order valence-electron chi connectivity index (χ4n) is 1.54. The highest BCUT2D eigenvalue weighted by atomic mass is 16.5. The third-order valence-corrected chi connectivity index (χ3v) is 2.52. The third-order valence-electron chi connectivity index (χ3n) is 2.52. The number of rotatable bonds is 5. The average molecular weight is 247 g/mol. The van der Waals surface area contributed by atoms with Crippen LogP contribution in [0.1, 0.15) is 6.42 Å². The number of morpholine rings is 1. The van der Waals surface area contributed by atoms with E-state index in [1.165, 1.54) is 0 Å². The maximum Gasteiger partial charge on any atom is 0.421 e. The predicted molar refractivity (Wildman–Crippen MR) is 57.4 cm³/mol. The zero-order valence-corrected chi connectivity index (χ0v) is 9.41. The van der Waals surface area contributed by atoms with E-state index < -0.39 is 18.1 Å². The van der Waals surface area contributed by atoms with E-state index in [9.17, 15) is 9.59 Å². The van der Waals surface area contributed by atoms with Crippen LogP contribution in [0.15, 0.2) is 0 Å². The Morgan fingerprint density at radius 3 is 2.41 bits per heavy atom. The SMILES string of the molecule is NC(CCN(C(=O)O)N1CCOCC1)C(=O)O. The molecule has 1 aliphatic rings. The minimum atomic E-state index is -1.13. The molecular weight excluding hydrogens is 230 g/mol. The van der Waals surface area contributed by atoms with Crippen molar-refractivity contribution in [1.82, 2.24) is 10.0 Å². The zero-order valence-electron chi connectivity index (χ0n) is 9.41. The summed E-state index contributed by atoms with van der Waals surface area (Å²) in [4.78, 5) is 21.6. The Balaban J connectivity index is 2.48. The van der Waals surface area contributed by atoms with Gasteiger partial charge in [-0.1, -0.05) is 0 Å². The van der Waals surface area contributed by atoms with E-state index in [0.717, 1.165) is 5.01 Å². The quantitative estimate of drug-likeness (QED) is 0.571. The topological polar surface area (TPSA) is 116 Å². The fraction of sp³-hybridized carbons (Fsp3) is 0.778. The van der Waals surface area contributed by atoms with Crippen molar-refractivity contribution in [1.29, 1.82) is 0 Å². The van der Waals surface area contributed by atoms with Crippen molar-refractivity contribution >= 4 is 12.1 Å². The lowest BCUT2D eigenvalue weighted by atomic mass is 10.2. The Bertz CT molecular complexity index is 280. The number of hydrogen-bond acceptors (Lipinski definition) is 5. The van der Waals surface area contributed by atoms with E-state index in [2.05, 4.69) is 0 Å². The normalized spacial score (nSPS) is 18.6. The summed E-state index contributed by atoms with van der Waals surface area (Å²) in [5.41, 5.74) is 5.33. The standard InChI is InChI=1S/C9H17N3O5/c10-7(8(13)14)1-2-12(9(15)16)11-3-5-17-6-4-11/h7H,1-6,10H2,(H,13,14)(H,15,16). The number of carbonyl (C=O) groups is 2. The summed E-state index contributed by atoms with van der Waals surface area (Å²) in [6.07, 6.45) is -1.02. The molecule has 98 valence electrons. The first-order chi connectivity index (χ1) is 8.02. The van der Waals surface area contributed by atoms with Gasteiger partial charge in [0.1, 0.15) is 6.04 Å². The summed E-state index contributed by atoms with van der Waals surface area (Å²) in [5, 5.41) is 20.4. The second-order valence-corrected chi connectivity index (χ2v) is 3.71. The van der Waals surface area contributed by atoms with E-state index in [1.54, 1.807) is 5.01 Å². The maximum atomic E-state index is 11.0. The Hall–Kier alpha value is -1.38. The van der Waals surface area contributed by atoms with Crippen molar-refractivity contribution in [3.05, 3.63) is 0 Å². The molecule has 0 aromatic heterocycles. The largest absolute Gasteiger partial charge is 0.480 e. The number of ether oxygens (including phenoxy) is 1. The minimum Gasteiger partial charge on any atom is -0.480 e. The number of amides is 1. The highest BCUT2D eigenvalue weighted by molar-refractivity contribution is 5.73. The number of hydrogen-bond donors (Lipinski definition) is 3. The summed E-state index contributed by atoms with van der Waals surface area (Å²) >= 11 is 0. The molecule has 0 saturated carbocycles. The summed E-state index contributed by atoms with van der Waals surface area (Å²) in [6, 6.07) is -1.04. The van der Waals surface area contributed by atoms with Gasteiger partial charge in [-0.05, 0) is 6.42 Å². The van der Waals surface area contributed by atoms with Gasteiger partial charge >= 0.3 is 12.1 Å². The molecule has 1 unspecified atom stereocenters. The molecule has 0 aliphatic carbocycles. The van der Waals surface area contributed by atoms with Gasteiger partial charge in [0.05, 0.1) is 13.2 Å². The number of aliphatic carboxylic acids is 1. The van der Waals surface area contributed by atoms with Crippen LogP contribution in [0.2, 0.25) is 0 Å². The molecule has 8 heteroatoms. The second-order valence-electron chi connectivity index (χ2n) is 3.71. The Morgan fingerprint density at radius 1 is 1.35 bits per heavy atom. The van der Waals surface area contributed by atoms with Crippen molar-refractivity contribution in [3.8, 4) is 0 Å². The van der Waals surface area contributed by atoms with E-state index in [-0.39, 0.29) is 13.0 Å². The lowest BCUT2D eigenvalue weighted by Crippen LogP contribution is -2.52. The molecule has 17 heavy (non-hydrogen) atoms. The van der Waals surface area contributed by atoms with E-state index >= 15 is 0 Å².